The average Bonchev–Trinajstić information content (AvgIpc) is 2.81. The van der Waals surface area contributed by atoms with Crippen LogP contribution in [0.15, 0.2) is 30.3 Å². The van der Waals surface area contributed by atoms with E-state index in [1.807, 2.05) is 30.3 Å². The van der Waals surface area contributed by atoms with E-state index in [2.05, 4.69) is 5.32 Å². The highest BCUT2D eigenvalue weighted by atomic mass is 19.4. The first-order valence-electron chi connectivity index (χ1n) is 11.7. The SMILES string of the molecule is COCCCC[C@@](O)(c1ccccc1)C1CCCN(C(=O)N[C@H](CN)CC(C)C(F)(F)F)C1. The fourth-order valence-corrected chi connectivity index (χ4v) is 4.54. The van der Waals surface area contributed by atoms with E-state index in [1.165, 1.54) is 0 Å². The summed E-state index contributed by atoms with van der Waals surface area (Å²) in [6.45, 7) is 2.45. The highest BCUT2D eigenvalue weighted by molar-refractivity contribution is 5.74. The second-order valence-electron chi connectivity index (χ2n) is 9.09. The highest BCUT2D eigenvalue weighted by Gasteiger charge is 2.42. The Kier molecular flexibility index (Phi) is 10.4. The number of rotatable bonds is 11. The van der Waals surface area contributed by atoms with Crippen molar-refractivity contribution in [3.8, 4) is 0 Å². The molecule has 0 bridgehead atoms. The average molecular weight is 474 g/mol. The van der Waals surface area contributed by atoms with E-state index in [1.54, 1.807) is 12.0 Å². The quantitative estimate of drug-likeness (QED) is 0.424. The number of hydrogen-bond donors (Lipinski definition) is 3. The van der Waals surface area contributed by atoms with Gasteiger partial charge in [0.15, 0.2) is 0 Å². The lowest BCUT2D eigenvalue weighted by molar-refractivity contribution is -0.172. The molecule has 0 saturated carbocycles. The first kappa shape index (κ1) is 27.4. The van der Waals surface area contributed by atoms with Gasteiger partial charge in [-0.25, -0.2) is 4.79 Å². The zero-order valence-corrected chi connectivity index (χ0v) is 19.6. The van der Waals surface area contributed by atoms with Crippen molar-refractivity contribution in [3.05, 3.63) is 35.9 Å². The molecule has 2 unspecified atom stereocenters. The molecule has 1 aromatic rings. The molecule has 188 valence electrons. The fraction of sp³-hybridized carbons (Fsp3) is 0.708. The van der Waals surface area contributed by atoms with Crippen LogP contribution in [0.4, 0.5) is 18.0 Å². The molecule has 2 amide bonds. The predicted molar refractivity (Wildman–Crippen MR) is 122 cm³/mol. The number of carbonyl (C=O) groups excluding carboxylic acids is 1. The summed E-state index contributed by atoms with van der Waals surface area (Å²) in [5.74, 6) is -1.75. The van der Waals surface area contributed by atoms with Crippen molar-refractivity contribution in [2.75, 3.05) is 33.4 Å². The second-order valence-corrected chi connectivity index (χ2v) is 9.09. The number of halogens is 3. The minimum atomic E-state index is -4.33. The maximum Gasteiger partial charge on any atom is 0.391 e. The Labute approximate surface area is 194 Å². The lowest BCUT2D eigenvalue weighted by Crippen LogP contribution is -2.54. The van der Waals surface area contributed by atoms with Crippen LogP contribution in [0.2, 0.25) is 0 Å². The molecule has 1 heterocycles. The number of benzene rings is 1. The summed E-state index contributed by atoms with van der Waals surface area (Å²) in [6.07, 6.45) is -1.01. The van der Waals surface area contributed by atoms with Crippen LogP contribution in [0.1, 0.15) is 51.0 Å². The number of unbranched alkanes of at least 4 members (excludes halogenated alkanes) is 1. The molecule has 1 aliphatic heterocycles. The maximum absolute atomic E-state index is 12.9. The Bertz CT molecular complexity index is 720. The van der Waals surface area contributed by atoms with Gasteiger partial charge in [-0.05, 0) is 44.1 Å². The van der Waals surface area contributed by atoms with Gasteiger partial charge in [0.25, 0.3) is 0 Å². The molecule has 0 spiro atoms. The van der Waals surface area contributed by atoms with Crippen LogP contribution in [-0.2, 0) is 10.3 Å². The number of urea groups is 1. The van der Waals surface area contributed by atoms with Crippen molar-refractivity contribution >= 4 is 6.03 Å². The third-order valence-electron chi connectivity index (χ3n) is 6.62. The lowest BCUT2D eigenvalue weighted by Gasteiger charge is -2.43. The third-order valence-corrected chi connectivity index (χ3v) is 6.62. The Morgan fingerprint density at radius 2 is 2.00 bits per heavy atom. The van der Waals surface area contributed by atoms with Gasteiger partial charge in [-0.15, -0.1) is 0 Å². The number of nitrogens with one attached hydrogen (secondary N) is 1. The number of piperidine rings is 1. The number of nitrogens with zero attached hydrogens (tertiary/aromatic N) is 1. The zero-order chi connectivity index (χ0) is 24.5. The van der Waals surface area contributed by atoms with Crippen LogP contribution in [0.25, 0.3) is 0 Å². The van der Waals surface area contributed by atoms with Crippen LogP contribution < -0.4 is 11.1 Å². The molecule has 1 aromatic carbocycles. The Morgan fingerprint density at radius 3 is 2.61 bits per heavy atom. The fourth-order valence-electron chi connectivity index (χ4n) is 4.54. The Balaban J connectivity index is 2.09. The van der Waals surface area contributed by atoms with E-state index in [4.69, 9.17) is 10.5 Å². The molecule has 0 radical (unpaired) electrons. The minimum Gasteiger partial charge on any atom is -0.385 e. The number of alkyl halides is 3. The van der Waals surface area contributed by atoms with Crippen LogP contribution in [0.3, 0.4) is 0 Å². The maximum atomic E-state index is 12.9. The summed E-state index contributed by atoms with van der Waals surface area (Å²) in [5.41, 5.74) is 5.35. The van der Waals surface area contributed by atoms with Gasteiger partial charge < -0.3 is 25.8 Å². The summed E-state index contributed by atoms with van der Waals surface area (Å²) >= 11 is 0. The van der Waals surface area contributed by atoms with E-state index < -0.39 is 29.8 Å². The van der Waals surface area contributed by atoms with E-state index in [9.17, 15) is 23.1 Å². The van der Waals surface area contributed by atoms with Crippen LogP contribution in [-0.4, -0.2) is 61.6 Å². The summed E-state index contributed by atoms with van der Waals surface area (Å²) < 4.78 is 43.9. The van der Waals surface area contributed by atoms with Gasteiger partial charge in [0, 0.05) is 45.3 Å². The molecule has 1 fully saturated rings. The molecular weight excluding hydrogens is 435 g/mol. The van der Waals surface area contributed by atoms with E-state index in [0.29, 0.717) is 32.5 Å². The van der Waals surface area contributed by atoms with Crippen molar-refractivity contribution in [1.82, 2.24) is 10.2 Å². The smallest absolute Gasteiger partial charge is 0.385 e. The van der Waals surface area contributed by atoms with Crippen molar-refractivity contribution in [3.63, 3.8) is 0 Å². The van der Waals surface area contributed by atoms with Gasteiger partial charge in [0.05, 0.1) is 11.5 Å². The second kappa shape index (κ2) is 12.6. The number of ether oxygens (including phenoxy) is 1. The number of aliphatic hydroxyl groups is 1. The summed E-state index contributed by atoms with van der Waals surface area (Å²) in [7, 11) is 1.64. The molecular formula is C24H38F3N3O3. The molecule has 33 heavy (non-hydrogen) atoms. The number of amides is 2. The van der Waals surface area contributed by atoms with Crippen molar-refractivity contribution in [2.45, 2.75) is 63.3 Å². The van der Waals surface area contributed by atoms with Gasteiger partial charge in [-0.1, -0.05) is 37.3 Å². The number of hydrogen-bond acceptors (Lipinski definition) is 4. The minimum absolute atomic E-state index is 0.0725. The van der Waals surface area contributed by atoms with Crippen LogP contribution in [0, 0.1) is 11.8 Å². The molecule has 9 heteroatoms. The van der Waals surface area contributed by atoms with Gasteiger partial charge >= 0.3 is 12.2 Å². The predicted octanol–water partition coefficient (Wildman–Crippen LogP) is 4.03. The number of methoxy groups -OCH3 is 1. The molecule has 0 aliphatic carbocycles. The first-order valence-corrected chi connectivity index (χ1v) is 11.7. The largest absolute Gasteiger partial charge is 0.391 e. The topological polar surface area (TPSA) is 87.8 Å². The lowest BCUT2D eigenvalue weighted by atomic mass is 9.74. The number of nitrogens with two attached hydrogens (primary N) is 1. The van der Waals surface area contributed by atoms with E-state index in [0.717, 1.165) is 31.7 Å². The molecule has 6 nitrogen and oxygen atoms in total. The van der Waals surface area contributed by atoms with Crippen LogP contribution in [0.5, 0.6) is 0 Å². The van der Waals surface area contributed by atoms with Gasteiger partial charge in [-0.2, -0.15) is 13.2 Å². The molecule has 0 aromatic heterocycles. The van der Waals surface area contributed by atoms with Crippen molar-refractivity contribution in [2.24, 2.45) is 17.6 Å². The summed E-state index contributed by atoms with van der Waals surface area (Å²) in [4.78, 5) is 14.5. The molecule has 2 rings (SSSR count). The third kappa shape index (κ3) is 7.86. The number of likely N-dealkylation sites (tertiary alicyclic amines) is 1. The van der Waals surface area contributed by atoms with E-state index >= 15 is 0 Å². The Morgan fingerprint density at radius 1 is 1.30 bits per heavy atom. The summed E-state index contributed by atoms with van der Waals surface area (Å²) in [6, 6.07) is 8.27. The molecule has 4 atom stereocenters. The number of carbonyl (C=O) groups is 1. The van der Waals surface area contributed by atoms with Crippen LogP contribution >= 0.6 is 0 Å². The molecule has 4 N–H and O–H groups in total. The summed E-state index contributed by atoms with van der Waals surface area (Å²) in [5, 5.41) is 14.5. The first-order chi connectivity index (χ1) is 15.6. The Hall–Kier alpha value is -1.84. The van der Waals surface area contributed by atoms with Gasteiger partial charge in [0.2, 0.25) is 0 Å². The molecule has 1 aliphatic rings. The molecule has 1 saturated heterocycles. The standard InChI is InChI=1S/C24H38F3N3O3/c1-18(24(25,26)27)15-21(16-28)29-22(31)30-13-8-11-20(17-30)23(32,12-6-7-14-33-2)19-9-4-3-5-10-19/h3-5,9-10,18,20-21,32H,6-8,11-17,28H2,1-2H3,(H,29,31)/t18?,20?,21-,23+/m0/s1. The van der Waals surface area contributed by atoms with Crippen molar-refractivity contribution in [1.29, 1.82) is 0 Å². The van der Waals surface area contributed by atoms with Crippen molar-refractivity contribution < 1.29 is 27.8 Å². The van der Waals surface area contributed by atoms with Gasteiger partial charge in [-0.3, -0.25) is 0 Å². The normalized spacial score (nSPS) is 20.7. The van der Waals surface area contributed by atoms with Gasteiger partial charge in [0.1, 0.15) is 0 Å². The zero-order valence-electron chi connectivity index (χ0n) is 19.6. The highest BCUT2D eigenvalue weighted by Crippen LogP contribution is 2.39. The van der Waals surface area contributed by atoms with E-state index in [-0.39, 0.29) is 18.9 Å². The monoisotopic (exact) mass is 473 g/mol.